The Morgan fingerprint density at radius 1 is 0.800 bits per heavy atom. The van der Waals surface area contributed by atoms with E-state index in [-0.39, 0.29) is 5.91 Å². The molecule has 5 aromatic rings. The van der Waals surface area contributed by atoms with Crippen LogP contribution in [-0.2, 0) is 19.5 Å². The van der Waals surface area contributed by atoms with Crippen LogP contribution in [0.25, 0.3) is 22.4 Å². The minimum absolute atomic E-state index is 0.0795. The van der Waals surface area contributed by atoms with Gasteiger partial charge < -0.3 is 5.32 Å². The molecule has 1 amide bonds. The highest BCUT2D eigenvalue weighted by Crippen LogP contribution is 2.23. The minimum Gasteiger partial charge on any atom is -0.348 e. The Hall–Kier alpha value is -4.58. The van der Waals surface area contributed by atoms with E-state index in [4.69, 9.17) is 0 Å². The maximum Gasteiger partial charge on any atom is 0.252 e. The summed E-state index contributed by atoms with van der Waals surface area (Å²) in [5.41, 5.74) is 6.67. The number of nitrogens with zero attached hydrogens (tertiary/aromatic N) is 4. The molecule has 0 bridgehead atoms. The molecule has 0 atom stereocenters. The predicted molar refractivity (Wildman–Crippen MR) is 136 cm³/mol. The number of hydrogen-bond donors (Lipinski definition) is 1. The van der Waals surface area contributed by atoms with E-state index in [1.165, 1.54) is 5.56 Å². The van der Waals surface area contributed by atoms with Gasteiger partial charge in [-0.25, -0.2) is 0 Å². The van der Waals surface area contributed by atoms with E-state index in [1.807, 2.05) is 77.6 Å². The molecule has 0 radical (unpaired) electrons. The van der Waals surface area contributed by atoms with Crippen molar-refractivity contribution in [2.24, 2.45) is 0 Å². The van der Waals surface area contributed by atoms with Crippen molar-refractivity contribution in [2.45, 2.75) is 19.5 Å². The molecule has 0 unspecified atom stereocenters. The van der Waals surface area contributed by atoms with Gasteiger partial charge in [0.1, 0.15) is 5.69 Å². The molecule has 35 heavy (non-hydrogen) atoms. The number of carbonyl (C=O) groups is 1. The first-order valence-corrected chi connectivity index (χ1v) is 11.6. The molecule has 6 nitrogen and oxygen atoms in total. The maximum absolute atomic E-state index is 12.9. The van der Waals surface area contributed by atoms with Crippen molar-refractivity contribution < 1.29 is 4.79 Å². The normalized spacial score (nSPS) is 10.7. The SMILES string of the molecule is O=C(NCc1ccc(CCn2cc(-c3cccnc3)nn2)cc1)c1ccccc1-c1ccccc1. The first-order chi connectivity index (χ1) is 17.3. The molecule has 0 fully saturated rings. The van der Waals surface area contributed by atoms with Gasteiger partial charge in [0, 0.05) is 36.6 Å². The summed E-state index contributed by atoms with van der Waals surface area (Å²) in [7, 11) is 0. The van der Waals surface area contributed by atoms with E-state index >= 15 is 0 Å². The van der Waals surface area contributed by atoms with Crippen LogP contribution in [0, 0.1) is 0 Å². The molecule has 0 aliphatic carbocycles. The summed E-state index contributed by atoms with van der Waals surface area (Å²) in [6.07, 6.45) is 6.31. The molecule has 0 spiro atoms. The molecule has 0 aliphatic rings. The standard InChI is InChI=1S/C29H25N5O/c35-29(27-11-5-4-10-26(27)24-7-2-1-3-8-24)31-19-23-14-12-22(13-15-23)16-18-34-21-28(32-33-34)25-9-6-17-30-20-25/h1-15,17,20-21H,16,18-19H2,(H,31,35). The smallest absolute Gasteiger partial charge is 0.252 e. The molecular weight excluding hydrogens is 434 g/mol. The van der Waals surface area contributed by atoms with Gasteiger partial charge in [0.25, 0.3) is 5.91 Å². The van der Waals surface area contributed by atoms with Crippen molar-refractivity contribution in [3.63, 3.8) is 0 Å². The molecular formula is C29H25N5O. The third kappa shape index (κ3) is 5.50. The van der Waals surface area contributed by atoms with Gasteiger partial charge in [-0.15, -0.1) is 5.10 Å². The van der Waals surface area contributed by atoms with Gasteiger partial charge in [0.05, 0.1) is 6.20 Å². The fourth-order valence-electron chi connectivity index (χ4n) is 3.95. The van der Waals surface area contributed by atoms with Crippen LogP contribution >= 0.6 is 0 Å². The Kier molecular flexibility index (Phi) is 6.71. The summed E-state index contributed by atoms with van der Waals surface area (Å²) >= 11 is 0. The zero-order valence-corrected chi connectivity index (χ0v) is 19.2. The van der Waals surface area contributed by atoms with Gasteiger partial charge >= 0.3 is 0 Å². The van der Waals surface area contributed by atoms with Crippen LogP contribution in [0.1, 0.15) is 21.5 Å². The Morgan fingerprint density at radius 2 is 1.54 bits per heavy atom. The number of aromatic nitrogens is 4. The average Bonchev–Trinajstić information content (AvgIpc) is 3.41. The topological polar surface area (TPSA) is 72.7 Å². The Morgan fingerprint density at radius 3 is 2.34 bits per heavy atom. The highest BCUT2D eigenvalue weighted by Gasteiger charge is 2.12. The fraction of sp³-hybridized carbons (Fsp3) is 0.103. The molecule has 3 aromatic carbocycles. The first-order valence-electron chi connectivity index (χ1n) is 11.6. The molecule has 6 heteroatoms. The summed E-state index contributed by atoms with van der Waals surface area (Å²) < 4.78 is 1.85. The summed E-state index contributed by atoms with van der Waals surface area (Å²) in [4.78, 5) is 17.0. The third-order valence-corrected chi connectivity index (χ3v) is 5.86. The Bertz CT molecular complexity index is 1400. The second-order valence-corrected chi connectivity index (χ2v) is 8.27. The van der Waals surface area contributed by atoms with Crippen molar-refractivity contribution in [2.75, 3.05) is 0 Å². The van der Waals surface area contributed by atoms with Gasteiger partial charge in [-0.1, -0.05) is 78.0 Å². The number of carbonyl (C=O) groups excluding carboxylic acids is 1. The molecule has 2 aromatic heterocycles. The van der Waals surface area contributed by atoms with Crippen molar-refractivity contribution >= 4 is 5.91 Å². The van der Waals surface area contributed by atoms with Crippen LogP contribution in [0.5, 0.6) is 0 Å². The van der Waals surface area contributed by atoms with E-state index in [0.29, 0.717) is 12.1 Å². The minimum atomic E-state index is -0.0795. The lowest BCUT2D eigenvalue weighted by atomic mass is 9.99. The number of aryl methyl sites for hydroxylation is 2. The van der Waals surface area contributed by atoms with Crippen molar-refractivity contribution in [3.05, 3.63) is 126 Å². The van der Waals surface area contributed by atoms with E-state index in [0.717, 1.165) is 40.9 Å². The van der Waals surface area contributed by atoms with Crippen LogP contribution in [0.4, 0.5) is 0 Å². The highest BCUT2D eigenvalue weighted by molar-refractivity contribution is 6.00. The lowest BCUT2D eigenvalue weighted by Crippen LogP contribution is -2.23. The zero-order valence-electron chi connectivity index (χ0n) is 19.2. The van der Waals surface area contributed by atoms with Crippen molar-refractivity contribution in [1.29, 1.82) is 0 Å². The number of rotatable bonds is 8. The summed E-state index contributed by atoms with van der Waals surface area (Å²) in [5, 5.41) is 11.5. The molecule has 1 N–H and O–H groups in total. The molecule has 0 aliphatic heterocycles. The number of amides is 1. The molecule has 172 valence electrons. The van der Waals surface area contributed by atoms with Crippen molar-refractivity contribution in [1.82, 2.24) is 25.3 Å². The van der Waals surface area contributed by atoms with Gasteiger partial charge in [-0.2, -0.15) is 0 Å². The highest BCUT2D eigenvalue weighted by atomic mass is 16.1. The van der Waals surface area contributed by atoms with Crippen molar-refractivity contribution in [3.8, 4) is 22.4 Å². The second kappa shape index (κ2) is 10.6. The summed E-state index contributed by atoms with van der Waals surface area (Å²) in [6, 6.07) is 29.8. The van der Waals surface area contributed by atoms with E-state index in [1.54, 1.807) is 12.4 Å². The zero-order chi connectivity index (χ0) is 23.9. The monoisotopic (exact) mass is 459 g/mol. The number of pyridine rings is 1. The third-order valence-electron chi connectivity index (χ3n) is 5.86. The predicted octanol–water partition coefficient (Wildman–Crippen LogP) is 5.18. The first kappa shape index (κ1) is 22.2. The number of hydrogen-bond acceptors (Lipinski definition) is 4. The average molecular weight is 460 g/mol. The fourth-order valence-corrected chi connectivity index (χ4v) is 3.95. The number of nitrogens with one attached hydrogen (secondary N) is 1. The largest absolute Gasteiger partial charge is 0.348 e. The van der Waals surface area contributed by atoms with Crippen LogP contribution < -0.4 is 5.32 Å². The summed E-state index contributed by atoms with van der Waals surface area (Å²) in [5.74, 6) is -0.0795. The van der Waals surface area contributed by atoms with Crippen LogP contribution in [0.2, 0.25) is 0 Å². The lowest BCUT2D eigenvalue weighted by molar-refractivity contribution is 0.0951. The van der Waals surface area contributed by atoms with E-state index in [9.17, 15) is 4.79 Å². The van der Waals surface area contributed by atoms with Gasteiger partial charge in [-0.05, 0) is 46.9 Å². The molecule has 0 saturated carbocycles. The van der Waals surface area contributed by atoms with Gasteiger partial charge in [0.15, 0.2) is 0 Å². The van der Waals surface area contributed by atoms with Crippen LogP contribution in [0.3, 0.4) is 0 Å². The summed E-state index contributed by atoms with van der Waals surface area (Å²) in [6.45, 7) is 1.21. The van der Waals surface area contributed by atoms with E-state index in [2.05, 4.69) is 44.9 Å². The van der Waals surface area contributed by atoms with E-state index < -0.39 is 0 Å². The quantitative estimate of drug-likeness (QED) is 0.347. The maximum atomic E-state index is 12.9. The molecule has 0 saturated heterocycles. The Balaban J connectivity index is 1.16. The second-order valence-electron chi connectivity index (χ2n) is 8.27. The molecule has 5 rings (SSSR count). The Labute approximate surface area is 204 Å². The lowest BCUT2D eigenvalue weighted by Gasteiger charge is -2.11. The van der Waals surface area contributed by atoms with Crippen LogP contribution in [0.15, 0.2) is 110 Å². The van der Waals surface area contributed by atoms with Gasteiger partial charge in [-0.3, -0.25) is 14.5 Å². The number of benzene rings is 3. The van der Waals surface area contributed by atoms with Gasteiger partial charge in [0.2, 0.25) is 0 Å². The van der Waals surface area contributed by atoms with Crippen LogP contribution in [-0.4, -0.2) is 25.9 Å². The molecule has 2 heterocycles.